The van der Waals surface area contributed by atoms with E-state index in [4.69, 9.17) is 14.2 Å². The molecule has 38 heavy (non-hydrogen) atoms. The standard InChI is InChI=1S/C31H31N3O4/c1-18-8-20-10-23(15-33-30(20)19(18)2)38-26-4-6-32-25-12-28(27(36-3)11-24(25)26)37-7-5-29(35)34-16-31(17-34)13-21-9-22(21)14-31/h4,6,8,10-12,15,21-22H,2,5,7,9,13-14,16-17H2,1,3H3. The molecule has 2 aromatic heterocycles. The van der Waals surface area contributed by atoms with E-state index >= 15 is 0 Å². The van der Waals surface area contributed by atoms with Gasteiger partial charge in [0.05, 0.1) is 37.5 Å². The van der Waals surface area contributed by atoms with Gasteiger partial charge in [-0.05, 0) is 73.4 Å². The molecule has 194 valence electrons. The Balaban J connectivity index is 1.03. The number of pyridine rings is 2. The number of carbonyl (C=O) groups is 1. The van der Waals surface area contributed by atoms with Crippen LogP contribution in [0.5, 0.6) is 23.0 Å². The fourth-order valence-corrected chi connectivity index (χ4v) is 6.61. The van der Waals surface area contributed by atoms with Crippen LogP contribution in [0, 0.1) is 17.3 Å². The maximum Gasteiger partial charge on any atom is 0.226 e. The van der Waals surface area contributed by atoms with Gasteiger partial charge in [-0.15, -0.1) is 0 Å². The van der Waals surface area contributed by atoms with E-state index in [-0.39, 0.29) is 5.91 Å². The molecular formula is C31H31N3O4. The van der Waals surface area contributed by atoms with E-state index in [9.17, 15) is 4.79 Å². The minimum atomic E-state index is 0.168. The van der Waals surface area contributed by atoms with Crippen LogP contribution in [0.2, 0.25) is 0 Å². The molecule has 7 rings (SSSR count). The first-order valence-corrected chi connectivity index (χ1v) is 13.3. The Kier molecular flexibility index (Phi) is 5.25. The number of likely N-dealkylation sites (tertiary alicyclic amines) is 1. The second-order valence-electron chi connectivity index (χ2n) is 11.4. The van der Waals surface area contributed by atoms with Crippen LogP contribution in [0.4, 0.5) is 0 Å². The summed E-state index contributed by atoms with van der Waals surface area (Å²) in [7, 11) is 1.60. The van der Waals surface area contributed by atoms with Gasteiger partial charge in [0, 0.05) is 41.7 Å². The lowest BCUT2D eigenvalue weighted by Crippen LogP contribution is -2.57. The Bertz CT molecular complexity index is 1510. The van der Waals surface area contributed by atoms with Crippen molar-refractivity contribution in [2.24, 2.45) is 17.3 Å². The number of allylic oxidation sites excluding steroid dienone is 2. The number of methoxy groups -OCH3 is 1. The fourth-order valence-electron chi connectivity index (χ4n) is 6.61. The molecule has 3 aliphatic carbocycles. The van der Waals surface area contributed by atoms with Crippen LogP contribution < -0.4 is 14.2 Å². The third-order valence-corrected chi connectivity index (χ3v) is 8.68. The summed E-state index contributed by atoms with van der Waals surface area (Å²) in [5.41, 5.74) is 5.08. The van der Waals surface area contributed by atoms with Gasteiger partial charge in [0.2, 0.25) is 5.91 Å². The summed E-state index contributed by atoms with van der Waals surface area (Å²) in [5, 5.41) is 0.796. The van der Waals surface area contributed by atoms with Gasteiger partial charge in [-0.3, -0.25) is 14.8 Å². The molecular weight excluding hydrogens is 478 g/mol. The topological polar surface area (TPSA) is 73.8 Å². The zero-order chi connectivity index (χ0) is 26.0. The molecule has 0 bridgehead atoms. The number of fused-ring (bicyclic) bond motifs is 3. The highest BCUT2D eigenvalue weighted by atomic mass is 16.5. The Morgan fingerprint density at radius 1 is 1.13 bits per heavy atom. The minimum Gasteiger partial charge on any atom is -0.493 e. The first-order valence-electron chi connectivity index (χ1n) is 13.3. The van der Waals surface area contributed by atoms with Crippen molar-refractivity contribution < 1.29 is 19.0 Å². The number of benzene rings is 1. The largest absolute Gasteiger partial charge is 0.493 e. The van der Waals surface area contributed by atoms with Gasteiger partial charge in [-0.2, -0.15) is 0 Å². The number of ether oxygens (including phenoxy) is 3. The quantitative estimate of drug-likeness (QED) is 0.396. The molecule has 0 radical (unpaired) electrons. The number of nitrogens with zero attached hydrogens (tertiary/aromatic N) is 3. The van der Waals surface area contributed by atoms with Gasteiger partial charge in [0.25, 0.3) is 0 Å². The van der Waals surface area contributed by atoms with Crippen molar-refractivity contribution in [1.29, 1.82) is 0 Å². The molecule has 7 nitrogen and oxygen atoms in total. The summed E-state index contributed by atoms with van der Waals surface area (Å²) in [5.74, 6) is 4.47. The van der Waals surface area contributed by atoms with Crippen LogP contribution in [-0.2, 0) is 4.79 Å². The van der Waals surface area contributed by atoms with E-state index in [1.165, 1.54) is 19.3 Å². The number of hydrogen-bond donors (Lipinski definition) is 0. The van der Waals surface area contributed by atoms with Crippen LogP contribution in [-0.4, -0.2) is 47.6 Å². The van der Waals surface area contributed by atoms with E-state index in [0.29, 0.717) is 47.0 Å². The van der Waals surface area contributed by atoms with Crippen molar-refractivity contribution in [2.45, 2.75) is 32.6 Å². The van der Waals surface area contributed by atoms with E-state index in [2.05, 4.69) is 22.6 Å². The molecule has 1 amide bonds. The Labute approximate surface area is 222 Å². The first-order chi connectivity index (χ1) is 18.4. The summed E-state index contributed by atoms with van der Waals surface area (Å²) >= 11 is 0. The number of aromatic nitrogens is 2. The lowest BCUT2D eigenvalue weighted by atomic mass is 9.75. The molecule has 2 unspecified atom stereocenters. The van der Waals surface area contributed by atoms with Crippen molar-refractivity contribution in [3.8, 4) is 23.0 Å². The maximum absolute atomic E-state index is 12.7. The molecule has 3 aromatic rings. The summed E-state index contributed by atoms with van der Waals surface area (Å²) < 4.78 is 17.9. The van der Waals surface area contributed by atoms with Crippen molar-refractivity contribution >= 4 is 28.5 Å². The number of rotatable bonds is 7. The highest BCUT2D eigenvalue weighted by molar-refractivity contribution is 5.92. The minimum absolute atomic E-state index is 0.168. The average Bonchev–Trinajstić information content (AvgIpc) is 3.40. The highest BCUT2D eigenvalue weighted by Gasteiger charge is 2.58. The fraction of sp³-hybridized carbons (Fsp3) is 0.387. The molecule has 4 aliphatic rings. The third-order valence-electron chi connectivity index (χ3n) is 8.68. The van der Waals surface area contributed by atoms with Crippen molar-refractivity contribution in [1.82, 2.24) is 14.9 Å². The third kappa shape index (κ3) is 3.92. The molecule has 1 spiro atoms. The Morgan fingerprint density at radius 2 is 1.95 bits per heavy atom. The molecule has 3 heterocycles. The van der Waals surface area contributed by atoms with Crippen LogP contribution in [0.15, 0.2) is 48.8 Å². The molecule has 0 N–H and O–H groups in total. The van der Waals surface area contributed by atoms with E-state index in [1.807, 2.05) is 36.1 Å². The van der Waals surface area contributed by atoms with Gasteiger partial charge in [0.15, 0.2) is 11.5 Å². The SMILES string of the molecule is C=C1C(C)=Cc2cc(Oc3ccnc4cc(OCCC(=O)N5CC6(CC7CC7C6)C5)c(OC)cc34)cnc21. The molecule has 3 fully saturated rings. The molecule has 7 heteroatoms. The predicted octanol–water partition coefficient (Wildman–Crippen LogP) is 5.89. The average molecular weight is 510 g/mol. The summed E-state index contributed by atoms with van der Waals surface area (Å²) in [6, 6.07) is 7.50. The molecule has 1 saturated heterocycles. The van der Waals surface area contributed by atoms with Gasteiger partial charge in [-0.1, -0.05) is 6.58 Å². The smallest absolute Gasteiger partial charge is 0.226 e. The van der Waals surface area contributed by atoms with Crippen molar-refractivity contribution in [2.75, 3.05) is 26.8 Å². The van der Waals surface area contributed by atoms with Gasteiger partial charge in [0.1, 0.15) is 11.5 Å². The van der Waals surface area contributed by atoms with Gasteiger partial charge >= 0.3 is 0 Å². The zero-order valence-corrected chi connectivity index (χ0v) is 21.8. The predicted molar refractivity (Wildman–Crippen MR) is 145 cm³/mol. The summed E-state index contributed by atoms with van der Waals surface area (Å²) in [6.07, 6.45) is 9.89. The molecule has 2 atom stereocenters. The Hall–Kier alpha value is -3.87. The molecule has 2 saturated carbocycles. The van der Waals surface area contributed by atoms with Gasteiger partial charge in [-0.25, -0.2) is 0 Å². The zero-order valence-electron chi connectivity index (χ0n) is 21.8. The number of carbonyl (C=O) groups excluding carboxylic acids is 1. The summed E-state index contributed by atoms with van der Waals surface area (Å²) in [4.78, 5) is 23.8. The molecule has 1 aromatic carbocycles. The van der Waals surface area contributed by atoms with E-state index in [0.717, 1.165) is 52.7 Å². The van der Waals surface area contributed by atoms with Gasteiger partial charge < -0.3 is 19.1 Å². The summed E-state index contributed by atoms with van der Waals surface area (Å²) in [6.45, 7) is 8.27. The normalized spacial score (nSPS) is 22.1. The lowest BCUT2D eigenvalue weighted by molar-refractivity contribution is -0.144. The van der Waals surface area contributed by atoms with E-state index < -0.39 is 0 Å². The van der Waals surface area contributed by atoms with Crippen molar-refractivity contribution in [3.63, 3.8) is 0 Å². The monoisotopic (exact) mass is 509 g/mol. The van der Waals surface area contributed by atoms with Crippen LogP contribution in [0.3, 0.4) is 0 Å². The second kappa shape index (κ2) is 8.58. The number of hydrogen-bond acceptors (Lipinski definition) is 6. The highest BCUT2D eigenvalue weighted by Crippen LogP contribution is 2.62. The van der Waals surface area contributed by atoms with Crippen LogP contribution in [0.25, 0.3) is 22.6 Å². The van der Waals surface area contributed by atoms with Crippen LogP contribution >= 0.6 is 0 Å². The van der Waals surface area contributed by atoms with E-state index in [1.54, 1.807) is 19.5 Å². The first kappa shape index (κ1) is 23.3. The maximum atomic E-state index is 12.7. The second-order valence-corrected chi connectivity index (χ2v) is 11.4. The Morgan fingerprint density at radius 3 is 2.74 bits per heavy atom. The van der Waals surface area contributed by atoms with Crippen molar-refractivity contribution in [3.05, 3.63) is 60.1 Å². The number of amides is 1. The van der Waals surface area contributed by atoms with Crippen LogP contribution in [0.1, 0.15) is 43.9 Å². The molecule has 1 aliphatic heterocycles. The lowest BCUT2D eigenvalue weighted by Gasteiger charge is -2.49.